The molecular formula is C15H14O. The van der Waals surface area contributed by atoms with E-state index < -0.39 is 0 Å². The van der Waals surface area contributed by atoms with E-state index in [2.05, 4.69) is 43.0 Å². The van der Waals surface area contributed by atoms with Crippen LogP contribution >= 0.6 is 0 Å². The Hall–Kier alpha value is -1.94. The first-order valence-electron chi connectivity index (χ1n) is 5.40. The van der Waals surface area contributed by atoms with Crippen LogP contribution in [0.2, 0.25) is 0 Å². The largest absolute Gasteiger partial charge is 0.497 e. The lowest BCUT2D eigenvalue weighted by atomic mass is 10.1. The topological polar surface area (TPSA) is 9.23 Å². The maximum absolute atomic E-state index is 5.21. The van der Waals surface area contributed by atoms with E-state index in [1.54, 1.807) is 7.11 Å². The zero-order valence-corrected chi connectivity index (χ0v) is 9.58. The first-order valence-corrected chi connectivity index (χ1v) is 5.40. The van der Waals surface area contributed by atoms with Crippen LogP contribution in [0.25, 0.3) is 10.8 Å². The van der Waals surface area contributed by atoms with Crippen LogP contribution in [0.1, 0.15) is 18.9 Å². The van der Waals surface area contributed by atoms with Crippen molar-refractivity contribution in [1.82, 2.24) is 0 Å². The Balaban J connectivity index is 2.50. The Kier molecular flexibility index (Phi) is 3.12. The van der Waals surface area contributed by atoms with Crippen molar-refractivity contribution in [2.45, 2.75) is 13.3 Å². The molecule has 0 aliphatic carbocycles. The fraction of sp³-hybridized carbons (Fsp3) is 0.200. The number of methoxy groups -OCH3 is 1. The van der Waals surface area contributed by atoms with Crippen LogP contribution in [-0.4, -0.2) is 7.11 Å². The maximum Gasteiger partial charge on any atom is 0.119 e. The molecule has 0 aromatic heterocycles. The SMILES string of the molecule is CCC#Cc1ccc2ccc(OC)cc2c1. The smallest absolute Gasteiger partial charge is 0.119 e. The number of ether oxygens (including phenoxy) is 1. The van der Waals surface area contributed by atoms with Crippen LogP contribution in [0.5, 0.6) is 5.75 Å². The zero-order chi connectivity index (χ0) is 11.4. The fourth-order valence-corrected chi connectivity index (χ4v) is 1.62. The Morgan fingerprint density at radius 3 is 2.62 bits per heavy atom. The molecule has 0 amide bonds. The second-order valence-corrected chi connectivity index (χ2v) is 3.58. The molecule has 80 valence electrons. The fourth-order valence-electron chi connectivity index (χ4n) is 1.62. The minimum absolute atomic E-state index is 0.883. The monoisotopic (exact) mass is 210 g/mol. The Bertz CT molecular complexity index is 558. The van der Waals surface area contributed by atoms with E-state index in [9.17, 15) is 0 Å². The van der Waals surface area contributed by atoms with Gasteiger partial charge in [-0.3, -0.25) is 0 Å². The average molecular weight is 210 g/mol. The molecule has 0 saturated carbocycles. The van der Waals surface area contributed by atoms with Gasteiger partial charge in [0.2, 0.25) is 0 Å². The molecule has 0 N–H and O–H groups in total. The van der Waals surface area contributed by atoms with E-state index in [1.165, 1.54) is 10.8 Å². The van der Waals surface area contributed by atoms with Gasteiger partial charge in [-0.1, -0.05) is 30.9 Å². The van der Waals surface area contributed by atoms with Crippen LogP contribution in [-0.2, 0) is 0 Å². The highest BCUT2D eigenvalue weighted by molar-refractivity contribution is 5.85. The molecule has 0 bridgehead atoms. The summed E-state index contributed by atoms with van der Waals surface area (Å²) in [6.07, 6.45) is 0.885. The standard InChI is InChI=1S/C15H14O/c1-3-4-5-12-6-7-13-8-9-15(16-2)11-14(13)10-12/h6-11H,3H2,1-2H3. The van der Waals surface area contributed by atoms with E-state index >= 15 is 0 Å². The molecule has 0 unspecified atom stereocenters. The molecule has 2 aromatic rings. The van der Waals surface area contributed by atoms with Gasteiger partial charge in [0, 0.05) is 12.0 Å². The molecule has 2 aromatic carbocycles. The van der Waals surface area contributed by atoms with E-state index in [0.717, 1.165) is 17.7 Å². The third kappa shape index (κ3) is 2.17. The van der Waals surface area contributed by atoms with E-state index in [-0.39, 0.29) is 0 Å². The first kappa shape index (κ1) is 10.6. The Morgan fingerprint density at radius 1 is 1.06 bits per heavy atom. The van der Waals surface area contributed by atoms with Gasteiger partial charge in [0.15, 0.2) is 0 Å². The molecule has 16 heavy (non-hydrogen) atoms. The molecule has 1 heteroatoms. The summed E-state index contributed by atoms with van der Waals surface area (Å²) >= 11 is 0. The maximum atomic E-state index is 5.21. The van der Waals surface area contributed by atoms with Gasteiger partial charge in [0.1, 0.15) is 5.75 Å². The van der Waals surface area contributed by atoms with E-state index in [1.807, 2.05) is 12.1 Å². The van der Waals surface area contributed by atoms with Crippen LogP contribution in [0, 0.1) is 11.8 Å². The summed E-state index contributed by atoms with van der Waals surface area (Å²) < 4.78 is 5.21. The van der Waals surface area contributed by atoms with Gasteiger partial charge in [-0.15, -0.1) is 0 Å². The van der Waals surface area contributed by atoms with Crippen molar-refractivity contribution in [3.63, 3.8) is 0 Å². The average Bonchev–Trinajstić information content (AvgIpc) is 2.35. The zero-order valence-electron chi connectivity index (χ0n) is 9.58. The molecular weight excluding hydrogens is 196 g/mol. The van der Waals surface area contributed by atoms with Crippen LogP contribution in [0.15, 0.2) is 36.4 Å². The normalized spacial score (nSPS) is 9.62. The van der Waals surface area contributed by atoms with Crippen molar-refractivity contribution in [3.8, 4) is 17.6 Å². The summed E-state index contributed by atoms with van der Waals surface area (Å²) in [5, 5.41) is 2.38. The van der Waals surface area contributed by atoms with Gasteiger partial charge in [-0.05, 0) is 35.0 Å². The van der Waals surface area contributed by atoms with Crippen molar-refractivity contribution in [3.05, 3.63) is 42.0 Å². The Labute approximate surface area is 96.1 Å². The Morgan fingerprint density at radius 2 is 1.88 bits per heavy atom. The molecule has 0 aliphatic heterocycles. The summed E-state index contributed by atoms with van der Waals surface area (Å²) in [5.41, 5.74) is 1.06. The van der Waals surface area contributed by atoms with Crippen LogP contribution < -0.4 is 4.74 Å². The second-order valence-electron chi connectivity index (χ2n) is 3.58. The highest BCUT2D eigenvalue weighted by atomic mass is 16.5. The third-order valence-corrected chi connectivity index (χ3v) is 2.46. The molecule has 0 fully saturated rings. The molecule has 0 spiro atoms. The van der Waals surface area contributed by atoms with Crippen molar-refractivity contribution >= 4 is 10.8 Å². The molecule has 0 saturated heterocycles. The predicted molar refractivity (Wildman–Crippen MR) is 67.7 cm³/mol. The minimum Gasteiger partial charge on any atom is -0.497 e. The summed E-state index contributed by atoms with van der Waals surface area (Å²) in [4.78, 5) is 0. The minimum atomic E-state index is 0.883. The molecule has 0 atom stereocenters. The quantitative estimate of drug-likeness (QED) is 0.653. The van der Waals surface area contributed by atoms with Gasteiger partial charge < -0.3 is 4.74 Å². The summed E-state index contributed by atoms with van der Waals surface area (Å²) in [5.74, 6) is 7.09. The van der Waals surface area contributed by atoms with E-state index in [0.29, 0.717) is 0 Å². The molecule has 0 heterocycles. The molecule has 0 radical (unpaired) electrons. The number of hydrogen-bond acceptors (Lipinski definition) is 1. The lowest BCUT2D eigenvalue weighted by Gasteiger charge is -2.02. The van der Waals surface area contributed by atoms with Gasteiger partial charge in [-0.2, -0.15) is 0 Å². The first-order chi connectivity index (χ1) is 7.83. The van der Waals surface area contributed by atoms with Crippen molar-refractivity contribution in [2.75, 3.05) is 7.11 Å². The number of hydrogen-bond donors (Lipinski definition) is 0. The highest BCUT2D eigenvalue weighted by Crippen LogP contribution is 2.21. The van der Waals surface area contributed by atoms with Crippen molar-refractivity contribution in [1.29, 1.82) is 0 Å². The number of benzene rings is 2. The van der Waals surface area contributed by atoms with Gasteiger partial charge in [0.05, 0.1) is 7.11 Å². The van der Waals surface area contributed by atoms with Crippen molar-refractivity contribution in [2.24, 2.45) is 0 Å². The van der Waals surface area contributed by atoms with Crippen LogP contribution in [0.3, 0.4) is 0 Å². The lowest BCUT2D eigenvalue weighted by Crippen LogP contribution is -1.83. The number of fused-ring (bicyclic) bond motifs is 1. The summed E-state index contributed by atoms with van der Waals surface area (Å²) in [6.45, 7) is 2.05. The highest BCUT2D eigenvalue weighted by Gasteiger charge is 1.97. The van der Waals surface area contributed by atoms with Crippen molar-refractivity contribution < 1.29 is 4.74 Å². The lowest BCUT2D eigenvalue weighted by molar-refractivity contribution is 0.415. The summed E-state index contributed by atoms with van der Waals surface area (Å²) in [7, 11) is 1.68. The van der Waals surface area contributed by atoms with Gasteiger partial charge >= 0.3 is 0 Å². The third-order valence-electron chi connectivity index (χ3n) is 2.46. The second kappa shape index (κ2) is 4.72. The van der Waals surface area contributed by atoms with Gasteiger partial charge in [-0.25, -0.2) is 0 Å². The van der Waals surface area contributed by atoms with E-state index in [4.69, 9.17) is 4.74 Å². The predicted octanol–water partition coefficient (Wildman–Crippen LogP) is 3.61. The van der Waals surface area contributed by atoms with Crippen LogP contribution in [0.4, 0.5) is 0 Å². The molecule has 2 rings (SSSR count). The number of rotatable bonds is 1. The molecule has 0 aliphatic rings. The molecule has 1 nitrogen and oxygen atoms in total. The van der Waals surface area contributed by atoms with Gasteiger partial charge in [0.25, 0.3) is 0 Å². The summed E-state index contributed by atoms with van der Waals surface area (Å²) in [6, 6.07) is 12.3.